The summed E-state index contributed by atoms with van der Waals surface area (Å²) < 4.78 is 0. The summed E-state index contributed by atoms with van der Waals surface area (Å²) in [6, 6.07) is 0. The van der Waals surface area contributed by atoms with E-state index in [-0.39, 0.29) is 0 Å². The lowest BCUT2D eigenvalue weighted by Crippen LogP contribution is -2.39. The molecule has 0 fully saturated rings. The van der Waals surface area contributed by atoms with Crippen LogP contribution in [0.25, 0.3) is 0 Å². The first-order valence-electron chi connectivity index (χ1n) is 5.14. The Morgan fingerprint density at radius 1 is 1.25 bits per heavy atom. The van der Waals surface area contributed by atoms with Gasteiger partial charge in [0.25, 0.3) is 0 Å². The predicted molar refractivity (Wildman–Crippen MR) is 64.7 cm³/mol. The van der Waals surface area contributed by atoms with E-state index in [1.54, 1.807) is 26.0 Å². The second-order valence-electron chi connectivity index (χ2n) is 3.61. The van der Waals surface area contributed by atoms with Crippen LogP contribution in [0.15, 0.2) is 12.2 Å². The molecule has 0 heterocycles. The monoisotopic (exact) mass is 292 g/mol. The van der Waals surface area contributed by atoms with Gasteiger partial charge in [-0.05, 0) is 12.8 Å². The molecular weight excluding hydrogens is 276 g/mol. The molecule has 0 bridgehead atoms. The summed E-state index contributed by atoms with van der Waals surface area (Å²) >= 11 is 3.20. The number of carbonyl (C=O) groups is 2. The first kappa shape index (κ1) is 15.2. The molecule has 0 saturated carbocycles. The molecule has 0 radical (unpaired) electrons. The Balaban J connectivity index is 5.35. The first-order valence-corrected chi connectivity index (χ1v) is 6.26. The van der Waals surface area contributed by atoms with Crippen LogP contribution in [0.4, 0.5) is 0 Å². The second-order valence-corrected chi connectivity index (χ2v) is 4.25. The number of carboxylic acids is 2. The molecule has 0 aromatic heterocycles. The maximum Gasteiger partial charge on any atom is 0.318 e. The molecule has 0 aliphatic rings. The number of halogens is 1. The van der Waals surface area contributed by atoms with E-state index in [0.29, 0.717) is 18.2 Å². The first-order chi connectivity index (χ1) is 7.45. The normalized spacial score (nSPS) is 12.2. The lowest BCUT2D eigenvalue weighted by Gasteiger charge is -2.31. The van der Waals surface area contributed by atoms with Gasteiger partial charge in [0.05, 0.1) is 0 Å². The van der Waals surface area contributed by atoms with Crippen molar-refractivity contribution in [2.75, 3.05) is 5.33 Å². The maximum absolute atomic E-state index is 11.0. The fraction of sp³-hybridized carbons (Fsp3) is 0.636. The second kappa shape index (κ2) is 6.68. The van der Waals surface area contributed by atoms with E-state index in [2.05, 4.69) is 15.9 Å². The third-order valence-electron chi connectivity index (χ3n) is 2.92. The van der Waals surface area contributed by atoms with Crippen molar-refractivity contribution in [3.8, 4) is 0 Å². The topological polar surface area (TPSA) is 74.6 Å². The summed E-state index contributed by atoms with van der Waals surface area (Å²) in [5.41, 5.74) is -0.814. The van der Waals surface area contributed by atoms with E-state index in [4.69, 9.17) is 10.2 Å². The minimum absolute atomic E-state index is 0.482. The summed E-state index contributed by atoms with van der Waals surface area (Å²) in [5, 5.41) is 18.6. The number of hydrogen-bond donors (Lipinski definition) is 2. The quantitative estimate of drug-likeness (QED) is 0.430. The highest BCUT2D eigenvalue weighted by Crippen LogP contribution is 2.37. The molecule has 4 nitrogen and oxygen atoms in total. The molecule has 0 aliphatic heterocycles. The third-order valence-corrected chi connectivity index (χ3v) is 3.30. The van der Waals surface area contributed by atoms with Crippen molar-refractivity contribution in [1.29, 1.82) is 0 Å². The molecule has 2 N–H and O–H groups in total. The number of allylic oxidation sites excluding steroid dienone is 2. The molecule has 0 aromatic carbocycles. The van der Waals surface area contributed by atoms with Crippen LogP contribution in [0.1, 0.15) is 26.7 Å². The van der Waals surface area contributed by atoms with Crippen molar-refractivity contribution in [3.63, 3.8) is 0 Å². The summed E-state index contributed by atoms with van der Waals surface area (Å²) in [6.07, 6.45) is 4.42. The van der Waals surface area contributed by atoms with Gasteiger partial charge in [-0.1, -0.05) is 41.9 Å². The van der Waals surface area contributed by atoms with Crippen LogP contribution in [-0.4, -0.2) is 27.5 Å². The standard InChI is InChI=1S/C11H17BrO4/c1-3-11(4-2,6-5-7-12)8(9(13)14)10(15)16/h5-6,8H,3-4,7H2,1-2H3,(H,13,14)(H,15,16). The van der Waals surface area contributed by atoms with Gasteiger partial charge in [-0.2, -0.15) is 0 Å². The zero-order valence-corrected chi connectivity index (χ0v) is 11.0. The molecule has 92 valence electrons. The van der Waals surface area contributed by atoms with Crippen LogP contribution < -0.4 is 0 Å². The Hall–Kier alpha value is -0.840. The van der Waals surface area contributed by atoms with Gasteiger partial charge in [-0.3, -0.25) is 9.59 Å². The average Bonchev–Trinajstić information content (AvgIpc) is 2.23. The molecule has 0 rings (SSSR count). The van der Waals surface area contributed by atoms with Crippen LogP contribution in [0.2, 0.25) is 0 Å². The Morgan fingerprint density at radius 2 is 1.69 bits per heavy atom. The molecule has 0 aromatic rings. The highest BCUT2D eigenvalue weighted by atomic mass is 79.9. The molecule has 0 amide bonds. The van der Waals surface area contributed by atoms with Crippen molar-refractivity contribution in [3.05, 3.63) is 12.2 Å². The van der Waals surface area contributed by atoms with Gasteiger partial charge < -0.3 is 10.2 Å². The van der Waals surface area contributed by atoms with Crippen LogP contribution >= 0.6 is 15.9 Å². The molecule has 0 saturated heterocycles. The smallest absolute Gasteiger partial charge is 0.318 e. The van der Waals surface area contributed by atoms with Gasteiger partial charge in [-0.15, -0.1) is 0 Å². The molecule has 16 heavy (non-hydrogen) atoms. The highest BCUT2D eigenvalue weighted by Gasteiger charge is 2.43. The van der Waals surface area contributed by atoms with E-state index < -0.39 is 23.3 Å². The van der Waals surface area contributed by atoms with Crippen LogP contribution in [0.5, 0.6) is 0 Å². The molecule has 0 aliphatic carbocycles. The highest BCUT2D eigenvalue weighted by molar-refractivity contribution is 9.09. The van der Waals surface area contributed by atoms with Crippen molar-refractivity contribution in [2.24, 2.45) is 11.3 Å². The van der Waals surface area contributed by atoms with E-state index >= 15 is 0 Å². The van der Waals surface area contributed by atoms with Crippen molar-refractivity contribution >= 4 is 27.9 Å². The van der Waals surface area contributed by atoms with Crippen molar-refractivity contribution in [2.45, 2.75) is 26.7 Å². The lowest BCUT2D eigenvalue weighted by molar-refractivity contribution is -0.160. The van der Waals surface area contributed by atoms with Gasteiger partial charge in [0.1, 0.15) is 0 Å². The van der Waals surface area contributed by atoms with Crippen molar-refractivity contribution < 1.29 is 19.8 Å². The molecule has 0 spiro atoms. The largest absolute Gasteiger partial charge is 0.481 e. The van der Waals surface area contributed by atoms with E-state index in [0.717, 1.165) is 0 Å². The fourth-order valence-electron chi connectivity index (χ4n) is 1.87. The minimum atomic E-state index is -1.39. The molecule has 0 unspecified atom stereocenters. The fourth-order valence-corrected chi connectivity index (χ4v) is 2.05. The SMILES string of the molecule is CCC(C=CCBr)(CC)C(C(=O)O)C(=O)O. The third kappa shape index (κ3) is 3.33. The van der Waals surface area contributed by atoms with Gasteiger partial charge >= 0.3 is 11.9 Å². The van der Waals surface area contributed by atoms with Crippen LogP contribution in [0.3, 0.4) is 0 Å². The number of aliphatic carboxylic acids is 2. The lowest BCUT2D eigenvalue weighted by atomic mass is 9.71. The number of carboxylic acid groups (broad SMARTS) is 2. The van der Waals surface area contributed by atoms with Gasteiger partial charge in [0.2, 0.25) is 0 Å². The molecule has 0 atom stereocenters. The Bertz CT molecular complexity index is 268. The molecule has 5 heteroatoms. The van der Waals surface area contributed by atoms with Gasteiger partial charge in [-0.25, -0.2) is 0 Å². The minimum Gasteiger partial charge on any atom is -0.481 e. The predicted octanol–water partition coefficient (Wildman–Crippen LogP) is 2.53. The van der Waals surface area contributed by atoms with Crippen LogP contribution in [0, 0.1) is 11.3 Å². The van der Waals surface area contributed by atoms with Gasteiger partial charge in [0, 0.05) is 10.7 Å². The maximum atomic E-state index is 11.0. The average molecular weight is 293 g/mol. The number of rotatable bonds is 7. The number of alkyl halides is 1. The van der Waals surface area contributed by atoms with Crippen LogP contribution in [-0.2, 0) is 9.59 Å². The van der Waals surface area contributed by atoms with Gasteiger partial charge in [0.15, 0.2) is 5.92 Å². The zero-order valence-electron chi connectivity index (χ0n) is 9.44. The molecular formula is C11H17BrO4. The van der Waals surface area contributed by atoms with Crippen molar-refractivity contribution in [1.82, 2.24) is 0 Å². The van der Waals surface area contributed by atoms with E-state index in [1.807, 2.05) is 0 Å². The zero-order chi connectivity index (χ0) is 12.8. The Morgan fingerprint density at radius 3 is 1.94 bits per heavy atom. The summed E-state index contributed by atoms with van der Waals surface area (Å²) in [5.74, 6) is -3.95. The van der Waals surface area contributed by atoms with E-state index in [9.17, 15) is 9.59 Å². The summed E-state index contributed by atoms with van der Waals surface area (Å²) in [4.78, 5) is 22.1. The summed E-state index contributed by atoms with van der Waals surface area (Å²) in [6.45, 7) is 3.61. The number of hydrogen-bond acceptors (Lipinski definition) is 2. The Labute approximate surface area is 103 Å². The summed E-state index contributed by atoms with van der Waals surface area (Å²) in [7, 11) is 0. The van der Waals surface area contributed by atoms with E-state index in [1.165, 1.54) is 0 Å². The Kier molecular flexibility index (Phi) is 6.33.